The Morgan fingerprint density at radius 3 is 1.88 bits per heavy atom. The second-order valence-corrected chi connectivity index (χ2v) is 34.3. The van der Waals surface area contributed by atoms with Gasteiger partial charge in [-0.2, -0.15) is 0 Å². The number of H-pyrrole nitrogens is 2. The van der Waals surface area contributed by atoms with E-state index in [0.717, 1.165) is 37.2 Å². The number of hydrogen-bond acceptors (Lipinski definition) is 25. The largest absolute Gasteiger partial charge is 0.508 e. The summed E-state index contributed by atoms with van der Waals surface area (Å²) in [6.45, 7) is 3.70. The van der Waals surface area contributed by atoms with E-state index >= 15 is 28.8 Å². The first-order valence-electron chi connectivity index (χ1n) is 43.9. The summed E-state index contributed by atoms with van der Waals surface area (Å²) in [5.41, 5.74) is 13.4. The summed E-state index contributed by atoms with van der Waals surface area (Å²) in [5.74, 6) is -18.4. The zero-order chi connectivity index (χ0) is 96.4. The van der Waals surface area contributed by atoms with Gasteiger partial charge in [-0.15, -0.1) is 16.9 Å². The van der Waals surface area contributed by atoms with Crippen LogP contribution in [0.1, 0.15) is 145 Å². The van der Waals surface area contributed by atoms with Gasteiger partial charge in [0.1, 0.15) is 84.3 Å². The summed E-state index contributed by atoms with van der Waals surface area (Å²) in [5, 5.41) is 84.2. The van der Waals surface area contributed by atoms with Crippen molar-refractivity contribution in [1.82, 2.24) is 108 Å². The van der Waals surface area contributed by atoms with Crippen molar-refractivity contribution in [3.63, 3.8) is 0 Å². The number of tetrazole rings is 1. The number of aliphatic hydroxyl groups is 2. The average molecular weight is 1860 g/mol. The van der Waals surface area contributed by atoms with Crippen molar-refractivity contribution in [2.75, 3.05) is 51.8 Å². The molecule has 44 nitrogen and oxygen atoms in total. The molecule has 0 bridgehead atoms. The van der Waals surface area contributed by atoms with Crippen LogP contribution in [-0.2, 0) is 107 Å². The number of carboxylic acid groups (broad SMARTS) is 1. The zero-order valence-electron chi connectivity index (χ0n) is 74.4. The molecule has 3 aromatic heterocycles. The molecule has 133 heavy (non-hydrogen) atoms. The number of likely N-dealkylation sites (N-methyl/N-ethyl adjacent to an activating group) is 2. The predicted octanol–water partition coefficient (Wildman–Crippen LogP) is -2.61. The average Bonchev–Trinajstić information content (AvgIpc) is 1.72. The number of carboxylic acids is 1. The molecule has 20 N–H and O–H groups in total. The van der Waals surface area contributed by atoms with Crippen molar-refractivity contribution in [2.24, 2.45) is 11.5 Å². The molecule has 6 heterocycles. The number of thioether (sulfide) groups is 1. The molecule has 16 amide bonds. The van der Waals surface area contributed by atoms with Gasteiger partial charge >= 0.3 is 5.97 Å². The number of aromatic hydroxyl groups is 1. The van der Waals surface area contributed by atoms with Crippen molar-refractivity contribution in [3.8, 4) is 5.75 Å². The van der Waals surface area contributed by atoms with Crippen molar-refractivity contribution in [1.29, 1.82) is 0 Å². The number of nitrogens with one attached hydrogen (secondary N) is 12. The monoisotopic (exact) mass is 1860 g/mol. The third-order valence-electron chi connectivity index (χ3n) is 23.6. The fraction of sp³-hybridized carbons (Fsp3) is 0.489. The number of nitrogens with zero attached hydrogens (tertiary/aromatic N) is 9. The van der Waals surface area contributed by atoms with Crippen molar-refractivity contribution in [3.05, 3.63) is 138 Å². The number of benzene rings is 4. The van der Waals surface area contributed by atoms with Crippen LogP contribution in [0.25, 0.3) is 21.7 Å². The summed E-state index contributed by atoms with van der Waals surface area (Å²) in [6, 6.07) is 3.09. The molecular formula is C88H115N23O21S. The molecule has 0 radical (unpaired) electrons. The number of rotatable bonds is 23. The van der Waals surface area contributed by atoms with Crippen LogP contribution < -0.4 is 64.6 Å². The van der Waals surface area contributed by atoms with Gasteiger partial charge in [-0.3, -0.25) is 81.5 Å². The van der Waals surface area contributed by atoms with Crippen molar-refractivity contribution < 1.29 is 102 Å². The number of fused-ring (bicyclic) bond motifs is 5. The van der Waals surface area contributed by atoms with Gasteiger partial charge < -0.3 is 115 Å². The lowest BCUT2D eigenvalue weighted by Crippen LogP contribution is -2.60. The molecule has 15 atom stereocenters. The molecule has 7 aromatic rings. The first kappa shape index (κ1) is 101. The first-order chi connectivity index (χ1) is 63.6. The molecule has 3 aliphatic heterocycles. The Morgan fingerprint density at radius 2 is 1.20 bits per heavy atom. The summed E-state index contributed by atoms with van der Waals surface area (Å²) in [7, 11) is 2.56. The quantitative estimate of drug-likeness (QED) is 0.0312. The summed E-state index contributed by atoms with van der Waals surface area (Å²) in [6.07, 6.45) is 0.826. The van der Waals surface area contributed by atoms with E-state index < -0.39 is 254 Å². The van der Waals surface area contributed by atoms with Crippen LogP contribution in [0.2, 0.25) is 0 Å². The van der Waals surface area contributed by atoms with Gasteiger partial charge in [0.15, 0.2) is 5.82 Å². The SMILES string of the molecule is CCCC[C@H]1C(=O)N[C@@H](C)C(=O)N[C@H](C(=O)NCC(N)=O)CSCC(=O)N[C@@H](Cc2ccc(O)cc2)C(=O)N(C)[C@@H](C)C(=O)N[C@@H](CC(=O)O)C(=O)N2CCC[C@H]2C(=O)N[C@@H](Cc2cnc[nH]2)C(=O)N[C@@H](CCC(N)=O)C(=O)N2C[C@H](O)C[C@H]2C(=O)N[C@@H](Cc2c[nH]c3ccccc23)C(=O)N[C@@H](CO)C(=O)N[C@@H](Cc2cccc3ccccc23)c2nnnn2[C@@H](CCCC)C(=O)N1C. The number of nitrogens with two attached hydrogens (primary N) is 2. The normalized spacial score (nSPS) is 24.7. The second kappa shape index (κ2) is 47.7. The van der Waals surface area contributed by atoms with E-state index in [4.69, 9.17) is 11.5 Å². The van der Waals surface area contributed by atoms with E-state index in [-0.39, 0.29) is 68.8 Å². The van der Waals surface area contributed by atoms with Crippen LogP contribution >= 0.6 is 11.8 Å². The highest BCUT2D eigenvalue weighted by molar-refractivity contribution is 8.00. The molecule has 0 saturated carbocycles. The fourth-order valence-corrected chi connectivity index (χ4v) is 17.1. The van der Waals surface area contributed by atoms with Crippen LogP contribution in [0.5, 0.6) is 5.75 Å². The minimum atomic E-state index is -1.93. The lowest BCUT2D eigenvalue weighted by atomic mass is 9.97. The fourth-order valence-electron chi connectivity index (χ4n) is 16.2. The Bertz CT molecular complexity index is 5360. The molecule has 2 saturated heterocycles. The van der Waals surface area contributed by atoms with Crippen LogP contribution in [-0.4, -0.2) is 306 Å². The van der Waals surface area contributed by atoms with Gasteiger partial charge in [-0.1, -0.05) is 112 Å². The number of phenolic OH excluding ortho intramolecular Hbond substituents is 1. The molecule has 0 spiro atoms. The number of aliphatic carboxylic acids is 1. The number of aromatic amines is 2. The number of amides is 16. The zero-order valence-corrected chi connectivity index (χ0v) is 75.2. The number of phenols is 1. The number of aliphatic hydroxyl groups excluding tert-OH is 2. The Labute approximate surface area is 768 Å². The summed E-state index contributed by atoms with van der Waals surface area (Å²) >= 11 is 0.769. The molecule has 714 valence electrons. The van der Waals surface area contributed by atoms with Gasteiger partial charge in [0.05, 0.1) is 43.8 Å². The maximum absolute atomic E-state index is 15.6. The standard InChI is InChI=1S/C88H115N23O21S/c1-7-9-23-67-82(126)95-47(3)76(120)103-66(78(122)93-41-72(90)116)44-133-45-73(117)96-63(33-49-26-28-54(113)29-27-49)85(129)107(5)48(4)77(121)101-64(38-74(118)119)87(131)109-32-16-25-68(109)83(127)100-62(36-53-40-91-46-94-53)80(124)97-59(30-31-71(89)115)86(130)110-42-55(114)37-70(110)84(128)99-61(35-52-39-92-58-22-14-13-21-57(52)58)79(123)102-65(43-112)81(125)98-60(34-51-19-15-18-50-17-11-12-20-56(50)51)75-104-105-106-111(75)69(24-10-8-2)88(132)108(67)6/h11-15,17-22,26-29,39-40,46-48,55,59-70,92,112-114H,7-10,16,23-25,30-38,41-45H2,1-6H3,(H2,89,115)(H2,90,116)(H,91,94)(H,93,122)(H,95,126)(H,96,117)(H,97,124)(H,98,125)(H,99,128)(H,100,127)(H,101,121)(H,102,123)(H,103,120)(H,118,119)/t47-,48-,55+,59-,60-,61-,62-,63-,64-,65-,66-,67-,68-,69-,70-/m0/s1. The summed E-state index contributed by atoms with van der Waals surface area (Å²) < 4.78 is 1.22. The topological polar surface area (TPSA) is 644 Å². The number of carbonyl (C=O) groups excluding carboxylic acids is 16. The number of aromatic nitrogens is 7. The van der Waals surface area contributed by atoms with Crippen LogP contribution in [0, 0.1) is 0 Å². The lowest BCUT2D eigenvalue weighted by Gasteiger charge is -2.32. The number of carbonyl (C=O) groups is 17. The summed E-state index contributed by atoms with van der Waals surface area (Å²) in [4.78, 5) is 259. The minimum absolute atomic E-state index is 0.0303. The minimum Gasteiger partial charge on any atom is -0.508 e. The van der Waals surface area contributed by atoms with E-state index in [2.05, 4.69) is 83.6 Å². The number of hydrogen-bond donors (Lipinski definition) is 18. The van der Waals surface area contributed by atoms with E-state index in [0.29, 0.717) is 53.3 Å². The van der Waals surface area contributed by atoms with E-state index in [9.17, 15) is 73.2 Å². The van der Waals surface area contributed by atoms with Gasteiger partial charge in [-0.05, 0) is 102 Å². The second-order valence-electron chi connectivity index (χ2n) is 33.3. The molecule has 2 fully saturated rings. The molecule has 4 aromatic carbocycles. The Morgan fingerprint density at radius 1 is 0.579 bits per heavy atom. The molecule has 45 heteroatoms. The van der Waals surface area contributed by atoms with Gasteiger partial charge in [0.2, 0.25) is 94.5 Å². The Kier molecular flexibility index (Phi) is 36.3. The maximum Gasteiger partial charge on any atom is 0.305 e. The van der Waals surface area contributed by atoms with E-state index in [1.807, 2.05) is 38.1 Å². The molecule has 0 aliphatic carbocycles. The van der Waals surface area contributed by atoms with E-state index in [1.54, 1.807) is 48.7 Å². The maximum atomic E-state index is 15.6. The number of unbranched alkanes of at least 4 members (excludes halogenated alkanes) is 2. The number of primary amides is 2. The van der Waals surface area contributed by atoms with Crippen molar-refractivity contribution in [2.45, 2.75) is 221 Å². The van der Waals surface area contributed by atoms with Gasteiger partial charge in [0.25, 0.3) is 0 Å². The van der Waals surface area contributed by atoms with Crippen LogP contribution in [0.4, 0.5) is 0 Å². The first-order valence-corrected chi connectivity index (χ1v) is 45.1. The highest BCUT2D eigenvalue weighted by Crippen LogP contribution is 2.31. The molecule has 0 unspecified atom stereocenters. The molecular weight excluding hydrogens is 1750 g/mol. The van der Waals surface area contributed by atoms with Crippen LogP contribution in [0.15, 0.2) is 110 Å². The molecule has 10 rings (SSSR count). The predicted molar refractivity (Wildman–Crippen MR) is 479 cm³/mol. The highest BCUT2D eigenvalue weighted by atomic mass is 32.2. The van der Waals surface area contributed by atoms with Gasteiger partial charge in [0, 0.05) is 100 Å². The van der Waals surface area contributed by atoms with Gasteiger partial charge in [-0.25, -0.2) is 9.67 Å². The molecule has 3 aliphatic rings. The highest BCUT2D eigenvalue weighted by Gasteiger charge is 2.47. The number of imidazole rings is 1. The third kappa shape index (κ3) is 27.1. The van der Waals surface area contributed by atoms with E-state index in [1.165, 1.54) is 74.3 Å². The lowest BCUT2D eigenvalue weighted by molar-refractivity contribution is -0.147. The van der Waals surface area contributed by atoms with Crippen molar-refractivity contribution >= 4 is 134 Å². The number of para-hydroxylation sites is 1. The Hall–Kier alpha value is -14.0. The third-order valence-corrected chi connectivity index (χ3v) is 24.7. The Balaban J connectivity index is 1.02. The van der Waals surface area contributed by atoms with Crippen LogP contribution in [0.3, 0.4) is 0 Å². The smallest absolute Gasteiger partial charge is 0.305 e.